The third-order valence-corrected chi connectivity index (χ3v) is 5.93. The smallest absolute Gasteiger partial charge is 0.270 e. The first kappa shape index (κ1) is 16.4. The lowest BCUT2D eigenvalue weighted by molar-refractivity contribution is 0.0535. The van der Waals surface area contributed by atoms with Crippen LogP contribution in [0, 0.1) is 0 Å². The predicted octanol–water partition coefficient (Wildman–Crippen LogP) is 2.53. The number of nitrogens with zero attached hydrogens (tertiary/aromatic N) is 2. The molecule has 0 spiro atoms. The minimum absolute atomic E-state index is 0.00566. The summed E-state index contributed by atoms with van der Waals surface area (Å²) in [5, 5.41) is 0. The van der Waals surface area contributed by atoms with E-state index < -0.39 is 0 Å². The van der Waals surface area contributed by atoms with Crippen LogP contribution >= 0.6 is 11.3 Å². The zero-order chi connectivity index (χ0) is 17.2. The van der Waals surface area contributed by atoms with Gasteiger partial charge in [0.1, 0.15) is 5.69 Å². The second-order valence-electron chi connectivity index (χ2n) is 6.37. The topological polar surface area (TPSA) is 65.6 Å². The van der Waals surface area contributed by atoms with Gasteiger partial charge in [-0.1, -0.05) is 0 Å². The monoisotopic (exact) mass is 359 g/mol. The molecule has 2 aliphatic heterocycles. The van der Waals surface area contributed by atoms with Crippen LogP contribution in [0.2, 0.25) is 0 Å². The lowest BCUT2D eigenvalue weighted by atomic mass is 10.2. The quantitative estimate of drug-likeness (QED) is 0.916. The fourth-order valence-corrected chi connectivity index (χ4v) is 4.40. The van der Waals surface area contributed by atoms with E-state index in [-0.39, 0.29) is 17.9 Å². The van der Waals surface area contributed by atoms with Gasteiger partial charge in [0.05, 0.1) is 11.0 Å². The van der Waals surface area contributed by atoms with Crippen LogP contribution in [0.1, 0.15) is 44.0 Å². The molecule has 0 aliphatic carbocycles. The number of aromatic amines is 1. The average molecular weight is 359 g/mol. The fraction of sp³-hybridized carbons (Fsp3) is 0.444. The summed E-state index contributed by atoms with van der Waals surface area (Å²) in [5.41, 5.74) is 0.597. The molecular formula is C18H21N3O3S. The molecule has 2 saturated heterocycles. The van der Waals surface area contributed by atoms with Crippen molar-refractivity contribution in [2.24, 2.45) is 0 Å². The van der Waals surface area contributed by atoms with E-state index in [0.717, 1.165) is 29.2 Å². The van der Waals surface area contributed by atoms with Crippen molar-refractivity contribution < 1.29 is 14.3 Å². The van der Waals surface area contributed by atoms with E-state index in [9.17, 15) is 9.59 Å². The van der Waals surface area contributed by atoms with E-state index in [0.29, 0.717) is 31.9 Å². The van der Waals surface area contributed by atoms with E-state index in [1.807, 2.05) is 23.1 Å². The van der Waals surface area contributed by atoms with Crippen molar-refractivity contribution >= 4 is 23.2 Å². The van der Waals surface area contributed by atoms with Gasteiger partial charge in [0, 0.05) is 43.9 Å². The number of carbonyl (C=O) groups is 2. The maximum atomic E-state index is 12.7. The maximum absolute atomic E-state index is 12.7. The predicted molar refractivity (Wildman–Crippen MR) is 94.8 cm³/mol. The number of aromatic nitrogens is 1. The molecule has 6 nitrogen and oxygen atoms in total. The van der Waals surface area contributed by atoms with Gasteiger partial charge in [-0.05, 0) is 37.1 Å². The number of H-pyrrole nitrogens is 1. The van der Waals surface area contributed by atoms with Gasteiger partial charge in [0.15, 0.2) is 0 Å². The van der Waals surface area contributed by atoms with Crippen LogP contribution < -0.4 is 0 Å². The van der Waals surface area contributed by atoms with Crippen LogP contribution in [0.5, 0.6) is 0 Å². The molecule has 2 fully saturated rings. The fourth-order valence-electron chi connectivity index (χ4n) is 3.35. The van der Waals surface area contributed by atoms with Crippen LogP contribution in [0.15, 0.2) is 30.5 Å². The molecule has 0 radical (unpaired) electrons. The van der Waals surface area contributed by atoms with Crippen molar-refractivity contribution in [3.63, 3.8) is 0 Å². The van der Waals surface area contributed by atoms with Crippen molar-refractivity contribution in [1.82, 2.24) is 14.8 Å². The minimum Gasteiger partial charge on any atom is -0.373 e. The SMILES string of the molecule is O=C(c1ccc[nH]1)N1CCN(C(=O)c2ccc([C@@H]3CCCO3)s2)CC1. The van der Waals surface area contributed by atoms with E-state index in [2.05, 4.69) is 4.98 Å². The standard InChI is InChI=1S/C18H21N3O3S/c22-17(13-3-1-7-19-13)20-8-10-21(11-9-20)18(23)16-6-5-15(25-16)14-4-2-12-24-14/h1,3,5-7,14,19H,2,4,8-12H2/t14-/m0/s1. The summed E-state index contributed by atoms with van der Waals surface area (Å²) in [6.07, 6.45) is 4.02. The number of nitrogens with one attached hydrogen (secondary N) is 1. The highest BCUT2D eigenvalue weighted by atomic mass is 32.1. The summed E-state index contributed by atoms with van der Waals surface area (Å²) in [4.78, 5) is 33.5. The van der Waals surface area contributed by atoms with Crippen LogP contribution in [-0.2, 0) is 4.74 Å². The number of hydrogen-bond donors (Lipinski definition) is 1. The summed E-state index contributed by atoms with van der Waals surface area (Å²) in [7, 11) is 0. The molecule has 25 heavy (non-hydrogen) atoms. The molecule has 1 N–H and O–H groups in total. The molecular weight excluding hydrogens is 338 g/mol. The van der Waals surface area contributed by atoms with Crippen molar-refractivity contribution in [2.75, 3.05) is 32.8 Å². The normalized spacial score (nSPS) is 20.9. The Labute approximate surface area is 150 Å². The van der Waals surface area contributed by atoms with Crippen LogP contribution in [-0.4, -0.2) is 59.4 Å². The molecule has 2 amide bonds. The molecule has 2 aliphatic rings. The minimum atomic E-state index is -0.00566. The summed E-state index contributed by atoms with van der Waals surface area (Å²) >= 11 is 1.54. The van der Waals surface area contributed by atoms with Gasteiger partial charge in [0.2, 0.25) is 0 Å². The Hall–Kier alpha value is -2.12. The first-order valence-electron chi connectivity index (χ1n) is 8.65. The van der Waals surface area contributed by atoms with E-state index in [1.54, 1.807) is 17.2 Å². The number of ether oxygens (including phenoxy) is 1. The van der Waals surface area contributed by atoms with Gasteiger partial charge in [0.25, 0.3) is 11.8 Å². The molecule has 132 valence electrons. The summed E-state index contributed by atoms with van der Waals surface area (Å²) in [6, 6.07) is 7.51. The van der Waals surface area contributed by atoms with Gasteiger partial charge in [-0.25, -0.2) is 0 Å². The number of amides is 2. The molecule has 0 saturated carbocycles. The molecule has 0 bridgehead atoms. The number of carbonyl (C=O) groups excluding carboxylic acids is 2. The molecule has 4 heterocycles. The van der Waals surface area contributed by atoms with Crippen molar-refractivity contribution in [1.29, 1.82) is 0 Å². The molecule has 2 aromatic heterocycles. The van der Waals surface area contributed by atoms with Crippen LogP contribution in [0.3, 0.4) is 0 Å². The Morgan fingerprint density at radius 3 is 2.48 bits per heavy atom. The highest BCUT2D eigenvalue weighted by Crippen LogP contribution is 2.33. The Balaban J connectivity index is 1.36. The Morgan fingerprint density at radius 2 is 1.84 bits per heavy atom. The van der Waals surface area contributed by atoms with Gasteiger partial charge in [-0.2, -0.15) is 0 Å². The molecule has 1 atom stereocenters. The maximum Gasteiger partial charge on any atom is 0.270 e. The van der Waals surface area contributed by atoms with Crippen molar-refractivity contribution in [3.05, 3.63) is 45.9 Å². The molecule has 0 aromatic carbocycles. The first-order valence-corrected chi connectivity index (χ1v) is 9.47. The van der Waals surface area contributed by atoms with E-state index in [1.165, 1.54) is 11.3 Å². The third-order valence-electron chi connectivity index (χ3n) is 4.77. The molecule has 0 unspecified atom stereocenters. The number of piperazine rings is 1. The van der Waals surface area contributed by atoms with E-state index >= 15 is 0 Å². The highest BCUT2D eigenvalue weighted by molar-refractivity contribution is 7.14. The van der Waals surface area contributed by atoms with Crippen molar-refractivity contribution in [3.8, 4) is 0 Å². The van der Waals surface area contributed by atoms with Crippen LogP contribution in [0.25, 0.3) is 0 Å². The zero-order valence-corrected chi connectivity index (χ0v) is 14.8. The summed E-state index contributed by atoms with van der Waals surface area (Å²) < 4.78 is 5.69. The number of thiophene rings is 1. The van der Waals surface area contributed by atoms with Crippen molar-refractivity contribution in [2.45, 2.75) is 18.9 Å². The Bertz CT molecular complexity index is 741. The number of rotatable bonds is 3. The van der Waals surface area contributed by atoms with E-state index in [4.69, 9.17) is 4.74 Å². The Morgan fingerprint density at radius 1 is 1.08 bits per heavy atom. The third kappa shape index (κ3) is 3.34. The van der Waals surface area contributed by atoms with Gasteiger partial charge < -0.3 is 19.5 Å². The second kappa shape index (κ2) is 7.01. The lowest BCUT2D eigenvalue weighted by Crippen LogP contribution is -2.50. The van der Waals surface area contributed by atoms with Crippen LogP contribution in [0.4, 0.5) is 0 Å². The average Bonchev–Trinajstić information content (AvgIpc) is 3.42. The molecule has 2 aromatic rings. The van der Waals surface area contributed by atoms with Gasteiger partial charge in [-0.3, -0.25) is 9.59 Å². The number of hydrogen-bond acceptors (Lipinski definition) is 4. The summed E-state index contributed by atoms with van der Waals surface area (Å²) in [6.45, 7) is 3.07. The molecule has 7 heteroatoms. The van der Waals surface area contributed by atoms with Gasteiger partial charge in [-0.15, -0.1) is 11.3 Å². The Kier molecular flexibility index (Phi) is 4.59. The zero-order valence-electron chi connectivity index (χ0n) is 13.9. The largest absolute Gasteiger partial charge is 0.373 e. The lowest BCUT2D eigenvalue weighted by Gasteiger charge is -2.34. The highest BCUT2D eigenvalue weighted by Gasteiger charge is 2.27. The second-order valence-corrected chi connectivity index (χ2v) is 7.49. The molecule has 4 rings (SSSR count). The first-order chi connectivity index (χ1) is 12.2. The van der Waals surface area contributed by atoms with Gasteiger partial charge >= 0.3 is 0 Å². The summed E-state index contributed by atoms with van der Waals surface area (Å²) in [5.74, 6) is 0.0510.